The zero-order chi connectivity index (χ0) is 18.0. The lowest BCUT2D eigenvalue weighted by Gasteiger charge is -2.21. The van der Waals surface area contributed by atoms with E-state index in [0.717, 1.165) is 22.5 Å². The molecule has 2 atom stereocenters. The molecule has 25 heavy (non-hydrogen) atoms. The number of amides is 1. The van der Waals surface area contributed by atoms with Gasteiger partial charge < -0.3 is 10.6 Å². The van der Waals surface area contributed by atoms with E-state index in [2.05, 4.69) is 39.2 Å². The summed E-state index contributed by atoms with van der Waals surface area (Å²) < 4.78 is 0. The van der Waals surface area contributed by atoms with Crippen LogP contribution in [0.15, 0.2) is 36.4 Å². The van der Waals surface area contributed by atoms with Crippen LogP contribution in [0.25, 0.3) is 0 Å². The Kier molecular flexibility index (Phi) is 5.24. The molecule has 0 aromatic heterocycles. The Morgan fingerprint density at radius 2 is 1.80 bits per heavy atom. The number of carbonyl (C=O) groups excluding carboxylic acids is 1. The van der Waals surface area contributed by atoms with Gasteiger partial charge in [0, 0.05) is 16.4 Å². The standard InChI is InChI=1S/C18H22ClN5O/c1-10-7-11(2)15(12(3)8-10)21-18(25)16-17(23-24-22-16)20-14-6-4-5-13(19)9-14/h4-9,16-17,20,22-24H,1-3H3,(H,21,25). The van der Waals surface area contributed by atoms with E-state index in [1.807, 2.05) is 39.0 Å². The number of halogens is 1. The van der Waals surface area contributed by atoms with Crippen LogP contribution in [0.3, 0.4) is 0 Å². The second-order valence-corrected chi connectivity index (χ2v) is 6.72. The number of anilines is 2. The van der Waals surface area contributed by atoms with Gasteiger partial charge in [-0.2, -0.15) is 5.53 Å². The molecule has 2 aromatic carbocycles. The highest BCUT2D eigenvalue weighted by molar-refractivity contribution is 6.30. The monoisotopic (exact) mass is 359 g/mol. The van der Waals surface area contributed by atoms with Crippen molar-refractivity contribution in [3.8, 4) is 0 Å². The van der Waals surface area contributed by atoms with E-state index >= 15 is 0 Å². The van der Waals surface area contributed by atoms with E-state index < -0.39 is 6.04 Å². The highest BCUT2D eigenvalue weighted by Crippen LogP contribution is 2.23. The number of carbonyl (C=O) groups is 1. The third-order valence-electron chi connectivity index (χ3n) is 4.14. The van der Waals surface area contributed by atoms with Crippen molar-refractivity contribution in [2.75, 3.05) is 10.6 Å². The van der Waals surface area contributed by atoms with Gasteiger partial charge in [-0.3, -0.25) is 4.79 Å². The van der Waals surface area contributed by atoms with Crippen LogP contribution in [0.1, 0.15) is 16.7 Å². The molecule has 0 aliphatic carbocycles. The number of hydrogen-bond acceptors (Lipinski definition) is 5. The van der Waals surface area contributed by atoms with Gasteiger partial charge in [0.25, 0.3) is 0 Å². The zero-order valence-corrected chi connectivity index (χ0v) is 15.2. The number of rotatable bonds is 4. The molecule has 0 saturated carbocycles. The van der Waals surface area contributed by atoms with Crippen LogP contribution >= 0.6 is 11.6 Å². The van der Waals surface area contributed by atoms with E-state index in [9.17, 15) is 4.79 Å². The lowest BCUT2D eigenvalue weighted by atomic mass is 10.0. The Morgan fingerprint density at radius 3 is 2.48 bits per heavy atom. The lowest BCUT2D eigenvalue weighted by molar-refractivity contribution is -0.118. The molecule has 0 bridgehead atoms. The fraction of sp³-hybridized carbons (Fsp3) is 0.278. The van der Waals surface area contributed by atoms with Gasteiger partial charge in [-0.25, -0.2) is 10.9 Å². The highest BCUT2D eigenvalue weighted by atomic mass is 35.5. The summed E-state index contributed by atoms with van der Waals surface area (Å²) in [5.74, 6) is -0.132. The van der Waals surface area contributed by atoms with Crippen LogP contribution in [0, 0.1) is 20.8 Å². The molecule has 3 rings (SSSR count). The minimum absolute atomic E-state index is 0.132. The summed E-state index contributed by atoms with van der Waals surface area (Å²) in [5.41, 5.74) is 13.7. The quantitative estimate of drug-likeness (QED) is 0.580. The Morgan fingerprint density at radius 1 is 1.08 bits per heavy atom. The van der Waals surface area contributed by atoms with Crippen molar-refractivity contribution in [2.45, 2.75) is 33.0 Å². The predicted molar refractivity (Wildman–Crippen MR) is 101 cm³/mol. The maximum absolute atomic E-state index is 12.8. The normalized spacial score (nSPS) is 19.7. The van der Waals surface area contributed by atoms with Gasteiger partial charge in [-0.15, -0.1) is 0 Å². The summed E-state index contributed by atoms with van der Waals surface area (Å²) in [5, 5.41) is 6.92. The molecule has 132 valence electrons. The molecule has 1 aliphatic heterocycles. The summed E-state index contributed by atoms with van der Waals surface area (Å²) in [6, 6.07) is 11.0. The summed E-state index contributed by atoms with van der Waals surface area (Å²) >= 11 is 6.01. The third-order valence-corrected chi connectivity index (χ3v) is 4.38. The van der Waals surface area contributed by atoms with E-state index in [1.165, 1.54) is 5.56 Å². The summed E-state index contributed by atoms with van der Waals surface area (Å²) in [7, 11) is 0. The molecular weight excluding hydrogens is 338 g/mol. The largest absolute Gasteiger partial charge is 0.367 e. The number of hydrogen-bond donors (Lipinski definition) is 5. The topological polar surface area (TPSA) is 77.2 Å². The fourth-order valence-electron chi connectivity index (χ4n) is 3.04. The molecule has 2 unspecified atom stereocenters. The molecule has 1 fully saturated rings. The van der Waals surface area contributed by atoms with E-state index in [0.29, 0.717) is 5.02 Å². The van der Waals surface area contributed by atoms with Crippen LogP contribution in [-0.2, 0) is 4.79 Å². The average molecular weight is 360 g/mol. The average Bonchev–Trinajstić information content (AvgIpc) is 2.99. The molecule has 1 saturated heterocycles. The van der Waals surface area contributed by atoms with E-state index in [-0.39, 0.29) is 12.1 Å². The van der Waals surface area contributed by atoms with Gasteiger partial charge >= 0.3 is 0 Å². The molecule has 1 amide bonds. The summed E-state index contributed by atoms with van der Waals surface area (Å²) in [6.45, 7) is 6.04. The number of benzene rings is 2. The molecule has 0 spiro atoms. The molecule has 1 aliphatic rings. The summed E-state index contributed by atoms with van der Waals surface area (Å²) in [6.07, 6.45) is -0.329. The van der Waals surface area contributed by atoms with Crippen molar-refractivity contribution < 1.29 is 4.79 Å². The van der Waals surface area contributed by atoms with E-state index in [4.69, 9.17) is 11.6 Å². The maximum atomic E-state index is 12.8. The van der Waals surface area contributed by atoms with Crippen molar-refractivity contribution in [3.63, 3.8) is 0 Å². The Labute approximate surface area is 152 Å². The second kappa shape index (κ2) is 7.41. The maximum Gasteiger partial charge on any atom is 0.246 e. The van der Waals surface area contributed by atoms with Crippen LogP contribution < -0.4 is 27.0 Å². The van der Waals surface area contributed by atoms with Crippen molar-refractivity contribution in [2.24, 2.45) is 0 Å². The molecule has 0 radical (unpaired) electrons. The van der Waals surface area contributed by atoms with Crippen LogP contribution in [-0.4, -0.2) is 18.1 Å². The smallest absolute Gasteiger partial charge is 0.246 e. The lowest BCUT2D eigenvalue weighted by Crippen LogP contribution is -2.48. The fourth-order valence-corrected chi connectivity index (χ4v) is 3.23. The van der Waals surface area contributed by atoms with Crippen LogP contribution in [0.4, 0.5) is 11.4 Å². The second-order valence-electron chi connectivity index (χ2n) is 6.29. The van der Waals surface area contributed by atoms with Crippen molar-refractivity contribution >= 4 is 28.9 Å². The highest BCUT2D eigenvalue weighted by Gasteiger charge is 2.33. The van der Waals surface area contributed by atoms with Crippen molar-refractivity contribution in [1.29, 1.82) is 0 Å². The zero-order valence-electron chi connectivity index (χ0n) is 14.4. The third kappa shape index (κ3) is 4.11. The SMILES string of the molecule is Cc1cc(C)c(NC(=O)C2NNNC2Nc2cccc(Cl)c2)c(C)c1. The van der Waals surface area contributed by atoms with Crippen molar-refractivity contribution in [1.82, 2.24) is 16.4 Å². The Balaban J connectivity index is 1.73. The molecule has 6 nitrogen and oxygen atoms in total. The molecule has 2 aromatic rings. The number of hydrazine groups is 2. The van der Waals surface area contributed by atoms with Gasteiger partial charge in [0.05, 0.1) is 0 Å². The van der Waals surface area contributed by atoms with Gasteiger partial charge in [0.2, 0.25) is 5.91 Å². The molecular formula is C18H22ClN5O. The summed E-state index contributed by atoms with van der Waals surface area (Å²) in [4.78, 5) is 12.8. The first-order valence-electron chi connectivity index (χ1n) is 8.11. The molecule has 7 heteroatoms. The Hall–Kier alpha value is -2.12. The van der Waals surface area contributed by atoms with Crippen LogP contribution in [0.5, 0.6) is 0 Å². The minimum Gasteiger partial charge on any atom is -0.367 e. The van der Waals surface area contributed by atoms with Gasteiger partial charge in [-0.1, -0.05) is 35.4 Å². The minimum atomic E-state index is -0.501. The molecule has 1 heterocycles. The first-order valence-corrected chi connectivity index (χ1v) is 8.49. The van der Waals surface area contributed by atoms with Crippen LogP contribution in [0.2, 0.25) is 5.02 Å². The van der Waals surface area contributed by atoms with E-state index in [1.54, 1.807) is 6.07 Å². The van der Waals surface area contributed by atoms with Gasteiger partial charge in [0.1, 0.15) is 12.2 Å². The predicted octanol–water partition coefficient (Wildman–Crippen LogP) is 2.62. The van der Waals surface area contributed by atoms with Crippen molar-refractivity contribution in [3.05, 3.63) is 58.1 Å². The molecule has 5 N–H and O–H groups in total. The first kappa shape index (κ1) is 17.7. The Bertz CT molecular complexity index is 772. The number of nitrogens with one attached hydrogen (secondary N) is 5. The van der Waals surface area contributed by atoms with Gasteiger partial charge in [-0.05, 0) is 50.1 Å². The van der Waals surface area contributed by atoms with Gasteiger partial charge in [0.15, 0.2) is 0 Å². The first-order chi connectivity index (χ1) is 11.9. The number of aryl methyl sites for hydroxylation is 3.